The molecule has 1 rings (SSSR count). The summed E-state index contributed by atoms with van der Waals surface area (Å²) in [5.41, 5.74) is 0. The third-order valence-corrected chi connectivity index (χ3v) is 2.16. The summed E-state index contributed by atoms with van der Waals surface area (Å²) in [4.78, 5) is 12.1. The molecule has 12 heavy (non-hydrogen) atoms. The highest BCUT2D eigenvalue weighted by molar-refractivity contribution is 7.16. The second kappa shape index (κ2) is 4.11. The van der Waals surface area contributed by atoms with Gasteiger partial charge in [0, 0.05) is 4.88 Å². The average molecular weight is 185 g/mol. The number of carbonyl (C=O) groups is 1. The van der Waals surface area contributed by atoms with Gasteiger partial charge in [-0.05, 0) is 26.0 Å². The second-order valence-electron chi connectivity index (χ2n) is 2.26. The molecule has 3 nitrogen and oxygen atoms in total. The van der Waals surface area contributed by atoms with E-state index in [1.807, 2.05) is 19.1 Å². The van der Waals surface area contributed by atoms with Crippen LogP contribution in [0, 0.1) is 6.92 Å². The standard InChI is InChI=1S/C8H11NO2S/c1-3-11-8(10)9-7-5-4-6(2)12-7/h4-5H,3H2,1-2H3,(H,9,10). The first kappa shape index (κ1) is 9.06. The lowest BCUT2D eigenvalue weighted by atomic mass is 10.5. The molecule has 0 aliphatic carbocycles. The lowest BCUT2D eigenvalue weighted by molar-refractivity contribution is 0.168. The van der Waals surface area contributed by atoms with Gasteiger partial charge >= 0.3 is 6.09 Å². The van der Waals surface area contributed by atoms with Crippen LogP contribution in [0.25, 0.3) is 0 Å². The van der Waals surface area contributed by atoms with E-state index in [0.717, 1.165) is 5.00 Å². The van der Waals surface area contributed by atoms with Crippen LogP contribution < -0.4 is 5.32 Å². The van der Waals surface area contributed by atoms with Crippen molar-refractivity contribution in [2.24, 2.45) is 0 Å². The van der Waals surface area contributed by atoms with Crippen molar-refractivity contribution in [2.75, 3.05) is 11.9 Å². The molecule has 0 saturated heterocycles. The van der Waals surface area contributed by atoms with Crippen LogP contribution in [-0.4, -0.2) is 12.7 Å². The number of aryl methyl sites for hydroxylation is 1. The second-order valence-corrected chi connectivity index (χ2v) is 3.54. The summed E-state index contributed by atoms with van der Waals surface area (Å²) in [6.07, 6.45) is -0.389. The van der Waals surface area contributed by atoms with Gasteiger partial charge in [-0.25, -0.2) is 4.79 Å². The van der Waals surface area contributed by atoms with E-state index in [2.05, 4.69) is 5.32 Å². The Kier molecular flexibility index (Phi) is 3.10. The maximum Gasteiger partial charge on any atom is 0.412 e. The van der Waals surface area contributed by atoms with Crippen molar-refractivity contribution in [2.45, 2.75) is 13.8 Å². The van der Waals surface area contributed by atoms with E-state index < -0.39 is 0 Å². The molecule has 1 aromatic heterocycles. The van der Waals surface area contributed by atoms with Crippen molar-refractivity contribution in [1.29, 1.82) is 0 Å². The molecule has 0 aliphatic heterocycles. The largest absolute Gasteiger partial charge is 0.450 e. The maximum atomic E-state index is 10.9. The number of nitrogens with one attached hydrogen (secondary N) is 1. The lowest BCUT2D eigenvalue weighted by Crippen LogP contribution is -2.12. The molecule has 1 aromatic rings. The summed E-state index contributed by atoms with van der Waals surface area (Å²) < 4.78 is 4.71. The first-order valence-electron chi connectivity index (χ1n) is 3.72. The zero-order chi connectivity index (χ0) is 8.97. The number of amides is 1. The molecule has 0 bridgehead atoms. The van der Waals surface area contributed by atoms with Crippen molar-refractivity contribution in [1.82, 2.24) is 0 Å². The Morgan fingerprint density at radius 3 is 2.92 bits per heavy atom. The fourth-order valence-corrected chi connectivity index (χ4v) is 1.52. The summed E-state index contributed by atoms with van der Waals surface area (Å²) in [5, 5.41) is 3.45. The van der Waals surface area contributed by atoms with Crippen LogP contribution in [0.4, 0.5) is 9.80 Å². The van der Waals surface area contributed by atoms with E-state index in [4.69, 9.17) is 4.74 Å². The molecular weight excluding hydrogens is 174 g/mol. The monoisotopic (exact) mass is 185 g/mol. The Morgan fingerprint density at radius 1 is 1.67 bits per heavy atom. The van der Waals surface area contributed by atoms with E-state index in [1.165, 1.54) is 16.2 Å². The Bertz CT molecular complexity index is 270. The van der Waals surface area contributed by atoms with Crippen LogP contribution in [0.3, 0.4) is 0 Å². The molecule has 0 aromatic carbocycles. The SMILES string of the molecule is CCOC(=O)Nc1ccc(C)s1. The van der Waals surface area contributed by atoms with Gasteiger partial charge in [-0.1, -0.05) is 0 Å². The molecule has 0 unspecified atom stereocenters. The van der Waals surface area contributed by atoms with Gasteiger partial charge in [0.2, 0.25) is 0 Å². The highest BCUT2D eigenvalue weighted by Gasteiger charge is 2.02. The van der Waals surface area contributed by atoms with Gasteiger partial charge < -0.3 is 4.74 Å². The lowest BCUT2D eigenvalue weighted by Gasteiger charge is -2.00. The van der Waals surface area contributed by atoms with Gasteiger partial charge in [-0.2, -0.15) is 0 Å². The Hall–Kier alpha value is -1.03. The van der Waals surface area contributed by atoms with Gasteiger partial charge in [0.05, 0.1) is 11.6 Å². The number of rotatable bonds is 2. The molecule has 4 heteroatoms. The average Bonchev–Trinajstić information content (AvgIpc) is 2.36. The van der Waals surface area contributed by atoms with Crippen molar-refractivity contribution in [3.8, 4) is 0 Å². The van der Waals surface area contributed by atoms with Crippen molar-refractivity contribution in [3.05, 3.63) is 17.0 Å². The smallest absolute Gasteiger partial charge is 0.412 e. The van der Waals surface area contributed by atoms with Crippen molar-refractivity contribution >= 4 is 22.4 Å². The van der Waals surface area contributed by atoms with Crippen molar-refractivity contribution in [3.63, 3.8) is 0 Å². The summed E-state index contributed by atoms with van der Waals surface area (Å²) in [6.45, 7) is 4.16. The molecule has 0 radical (unpaired) electrons. The molecule has 1 heterocycles. The van der Waals surface area contributed by atoms with E-state index in [9.17, 15) is 4.79 Å². The van der Waals surface area contributed by atoms with Crippen LogP contribution in [0.15, 0.2) is 12.1 Å². The Balaban J connectivity index is 2.46. The van der Waals surface area contributed by atoms with E-state index >= 15 is 0 Å². The van der Waals surface area contributed by atoms with Crippen molar-refractivity contribution < 1.29 is 9.53 Å². The molecule has 0 fully saturated rings. The number of thiophene rings is 1. The Labute approximate surface area is 75.4 Å². The maximum absolute atomic E-state index is 10.9. The number of hydrogen-bond donors (Lipinski definition) is 1. The minimum Gasteiger partial charge on any atom is -0.450 e. The van der Waals surface area contributed by atoms with Crippen LogP contribution >= 0.6 is 11.3 Å². The summed E-state index contributed by atoms with van der Waals surface area (Å²) in [5.74, 6) is 0. The summed E-state index contributed by atoms with van der Waals surface area (Å²) >= 11 is 1.53. The molecule has 1 N–H and O–H groups in total. The van der Waals surface area contributed by atoms with Crippen LogP contribution in [-0.2, 0) is 4.74 Å². The number of ether oxygens (including phenoxy) is 1. The molecule has 0 saturated carbocycles. The highest BCUT2D eigenvalue weighted by atomic mass is 32.1. The number of carbonyl (C=O) groups excluding carboxylic acids is 1. The third-order valence-electron chi connectivity index (χ3n) is 1.24. The van der Waals surface area contributed by atoms with Crippen LogP contribution in [0.2, 0.25) is 0 Å². The quantitative estimate of drug-likeness (QED) is 0.769. The summed E-state index contributed by atoms with van der Waals surface area (Å²) in [6, 6.07) is 3.81. The van der Waals surface area contributed by atoms with Gasteiger partial charge in [-0.3, -0.25) is 5.32 Å². The highest BCUT2D eigenvalue weighted by Crippen LogP contribution is 2.20. The zero-order valence-electron chi connectivity index (χ0n) is 7.09. The van der Waals surface area contributed by atoms with Crippen LogP contribution in [0.5, 0.6) is 0 Å². The Morgan fingerprint density at radius 2 is 2.42 bits per heavy atom. The minimum absolute atomic E-state index is 0.389. The summed E-state index contributed by atoms with van der Waals surface area (Å²) in [7, 11) is 0. The van der Waals surface area contributed by atoms with Gasteiger partial charge in [0.1, 0.15) is 0 Å². The normalized spacial score (nSPS) is 9.50. The predicted molar refractivity (Wildman–Crippen MR) is 49.7 cm³/mol. The van der Waals surface area contributed by atoms with Gasteiger partial charge in [0.25, 0.3) is 0 Å². The minimum atomic E-state index is -0.389. The molecular formula is C8H11NO2S. The molecule has 0 spiro atoms. The molecule has 0 aliphatic rings. The fourth-order valence-electron chi connectivity index (χ4n) is 0.769. The predicted octanol–water partition coefficient (Wildman–Crippen LogP) is 2.62. The zero-order valence-corrected chi connectivity index (χ0v) is 7.90. The van der Waals surface area contributed by atoms with E-state index in [1.54, 1.807) is 6.92 Å². The van der Waals surface area contributed by atoms with Crippen LogP contribution in [0.1, 0.15) is 11.8 Å². The molecule has 0 atom stereocenters. The first-order valence-corrected chi connectivity index (χ1v) is 4.54. The van der Waals surface area contributed by atoms with E-state index in [-0.39, 0.29) is 6.09 Å². The van der Waals surface area contributed by atoms with Gasteiger partial charge in [0.15, 0.2) is 0 Å². The van der Waals surface area contributed by atoms with Gasteiger partial charge in [-0.15, -0.1) is 11.3 Å². The number of anilines is 1. The topological polar surface area (TPSA) is 38.3 Å². The molecule has 66 valence electrons. The number of hydrogen-bond acceptors (Lipinski definition) is 3. The first-order chi connectivity index (χ1) is 5.72. The molecule has 1 amide bonds. The van der Waals surface area contributed by atoms with E-state index in [0.29, 0.717) is 6.61 Å². The fraction of sp³-hybridized carbons (Fsp3) is 0.375. The third kappa shape index (κ3) is 2.54.